The van der Waals surface area contributed by atoms with E-state index in [1.165, 1.54) is 6.26 Å². The van der Waals surface area contributed by atoms with Gasteiger partial charge in [0.1, 0.15) is 9.84 Å². The molecule has 0 bridgehead atoms. The molecule has 19 heavy (non-hydrogen) atoms. The van der Waals surface area contributed by atoms with Crippen molar-refractivity contribution in [2.75, 3.05) is 25.1 Å². The van der Waals surface area contributed by atoms with Gasteiger partial charge in [-0.05, 0) is 36.6 Å². The zero-order valence-electron chi connectivity index (χ0n) is 10.8. The van der Waals surface area contributed by atoms with Gasteiger partial charge in [0, 0.05) is 19.0 Å². The molecule has 6 heteroatoms. The van der Waals surface area contributed by atoms with Crippen LogP contribution in [0.4, 0.5) is 0 Å². The van der Waals surface area contributed by atoms with Gasteiger partial charge in [-0.2, -0.15) is 0 Å². The first-order chi connectivity index (χ1) is 8.96. The average molecular weight is 301 g/mol. The van der Waals surface area contributed by atoms with E-state index in [4.69, 9.17) is 11.6 Å². The highest BCUT2D eigenvalue weighted by molar-refractivity contribution is 7.90. The lowest BCUT2D eigenvalue weighted by Crippen LogP contribution is -2.20. The summed E-state index contributed by atoms with van der Waals surface area (Å²) in [6, 6.07) is 1.82. The second-order valence-electron chi connectivity index (χ2n) is 4.74. The Balaban J connectivity index is 2.15. The highest BCUT2D eigenvalue weighted by Gasteiger charge is 2.12. The summed E-state index contributed by atoms with van der Waals surface area (Å²) in [7, 11) is -2.96. The highest BCUT2D eigenvalue weighted by atomic mass is 35.5. The molecule has 0 aliphatic carbocycles. The molecule has 0 aromatic carbocycles. The highest BCUT2D eigenvalue weighted by Crippen LogP contribution is 2.26. The van der Waals surface area contributed by atoms with Gasteiger partial charge in [-0.15, -0.1) is 0 Å². The quantitative estimate of drug-likeness (QED) is 0.919. The van der Waals surface area contributed by atoms with Crippen LogP contribution in [0.1, 0.15) is 17.7 Å². The third-order valence-corrected chi connectivity index (χ3v) is 4.26. The summed E-state index contributed by atoms with van der Waals surface area (Å²) in [6.07, 6.45) is 6.40. The van der Waals surface area contributed by atoms with Crippen molar-refractivity contribution in [3.8, 4) is 0 Å². The zero-order chi connectivity index (χ0) is 13.9. The maximum absolute atomic E-state index is 11.1. The molecular formula is C13H17ClN2O2S. The number of halogens is 1. The van der Waals surface area contributed by atoms with Crippen LogP contribution < -0.4 is 5.32 Å². The Morgan fingerprint density at radius 3 is 2.84 bits per heavy atom. The first-order valence-electron chi connectivity index (χ1n) is 6.18. The van der Waals surface area contributed by atoms with Crippen LogP contribution in [-0.2, 0) is 16.3 Å². The molecule has 0 saturated carbocycles. The maximum Gasteiger partial charge on any atom is 0.147 e. The van der Waals surface area contributed by atoms with E-state index in [2.05, 4.69) is 16.4 Å². The molecule has 0 unspecified atom stereocenters. The van der Waals surface area contributed by atoms with Crippen molar-refractivity contribution in [1.82, 2.24) is 10.3 Å². The van der Waals surface area contributed by atoms with Crippen molar-refractivity contribution < 1.29 is 8.42 Å². The fraction of sp³-hybridized carbons (Fsp3) is 0.462. The Bertz CT molecular complexity index is 597. The molecule has 1 aliphatic rings. The monoisotopic (exact) mass is 300 g/mol. The largest absolute Gasteiger partial charge is 0.313 e. The minimum Gasteiger partial charge on any atom is -0.313 e. The molecule has 1 aromatic rings. The van der Waals surface area contributed by atoms with Gasteiger partial charge in [0.25, 0.3) is 0 Å². The van der Waals surface area contributed by atoms with E-state index >= 15 is 0 Å². The van der Waals surface area contributed by atoms with Gasteiger partial charge >= 0.3 is 0 Å². The number of nitrogens with one attached hydrogen (secondary N) is 1. The van der Waals surface area contributed by atoms with Crippen LogP contribution in [0.25, 0.3) is 5.57 Å². The van der Waals surface area contributed by atoms with Crippen LogP contribution in [0, 0.1) is 0 Å². The van der Waals surface area contributed by atoms with Crippen molar-refractivity contribution >= 4 is 27.0 Å². The fourth-order valence-electron chi connectivity index (χ4n) is 1.99. The number of pyridine rings is 1. The molecule has 104 valence electrons. The number of rotatable bonds is 4. The van der Waals surface area contributed by atoms with Crippen LogP contribution in [-0.4, -0.2) is 38.5 Å². The van der Waals surface area contributed by atoms with E-state index in [-0.39, 0.29) is 5.75 Å². The lowest BCUT2D eigenvalue weighted by Gasteiger charge is -2.15. The Hall–Kier alpha value is -0.910. The minimum absolute atomic E-state index is 0.122. The minimum atomic E-state index is -2.96. The predicted molar refractivity (Wildman–Crippen MR) is 78.1 cm³/mol. The van der Waals surface area contributed by atoms with E-state index in [1.54, 1.807) is 6.20 Å². The van der Waals surface area contributed by atoms with Crippen LogP contribution >= 0.6 is 11.6 Å². The standard InChI is InChI=1S/C13H17ClN2O2S/c1-19(17,18)7-4-10-8-12(14)13(16-9-10)11-2-5-15-6-3-11/h2,8-9,15H,3-7H2,1H3. The van der Waals surface area contributed by atoms with Gasteiger partial charge in [-0.1, -0.05) is 17.7 Å². The molecule has 1 N–H and O–H groups in total. The smallest absolute Gasteiger partial charge is 0.147 e. The van der Waals surface area contributed by atoms with Gasteiger partial charge in [0.05, 0.1) is 16.5 Å². The topological polar surface area (TPSA) is 59.1 Å². The van der Waals surface area contributed by atoms with Crippen molar-refractivity contribution in [2.24, 2.45) is 0 Å². The summed E-state index contributed by atoms with van der Waals surface area (Å²) in [5.41, 5.74) is 2.82. The summed E-state index contributed by atoms with van der Waals surface area (Å²) in [5, 5.41) is 3.83. The van der Waals surface area contributed by atoms with Crippen LogP contribution in [0.2, 0.25) is 5.02 Å². The Morgan fingerprint density at radius 1 is 1.47 bits per heavy atom. The van der Waals surface area contributed by atoms with Crippen molar-refractivity contribution in [2.45, 2.75) is 12.8 Å². The predicted octanol–water partition coefficient (Wildman–Crippen LogP) is 1.70. The van der Waals surface area contributed by atoms with E-state index in [9.17, 15) is 8.42 Å². The Morgan fingerprint density at radius 2 is 2.26 bits per heavy atom. The average Bonchev–Trinajstić information content (AvgIpc) is 2.37. The van der Waals surface area contributed by atoms with E-state index in [1.807, 2.05) is 6.07 Å². The summed E-state index contributed by atoms with van der Waals surface area (Å²) < 4.78 is 22.3. The lowest BCUT2D eigenvalue weighted by molar-refractivity contribution is 0.601. The Kier molecular flexibility index (Phi) is 4.60. The molecule has 2 rings (SSSR count). The number of hydrogen-bond acceptors (Lipinski definition) is 4. The van der Waals surface area contributed by atoms with Crippen molar-refractivity contribution in [3.05, 3.63) is 34.6 Å². The fourth-order valence-corrected chi connectivity index (χ4v) is 2.91. The molecule has 1 aliphatic heterocycles. The third-order valence-electron chi connectivity index (χ3n) is 3.03. The molecule has 0 saturated heterocycles. The lowest BCUT2D eigenvalue weighted by atomic mass is 10.0. The zero-order valence-corrected chi connectivity index (χ0v) is 12.4. The van der Waals surface area contributed by atoms with Gasteiger partial charge in [-0.25, -0.2) is 8.42 Å². The SMILES string of the molecule is CS(=O)(=O)CCc1cnc(C2=CCNCC2)c(Cl)c1. The van der Waals surface area contributed by atoms with Gasteiger partial charge in [0.2, 0.25) is 0 Å². The number of hydrogen-bond donors (Lipinski definition) is 1. The van der Waals surface area contributed by atoms with Crippen molar-refractivity contribution in [3.63, 3.8) is 0 Å². The number of nitrogens with zero attached hydrogens (tertiary/aromatic N) is 1. The van der Waals surface area contributed by atoms with Crippen molar-refractivity contribution in [1.29, 1.82) is 0 Å². The summed E-state index contributed by atoms with van der Waals surface area (Å²) >= 11 is 6.24. The third kappa shape index (κ3) is 4.30. The van der Waals surface area contributed by atoms with Crippen LogP contribution in [0.5, 0.6) is 0 Å². The first kappa shape index (κ1) is 14.5. The maximum atomic E-state index is 11.1. The molecule has 0 atom stereocenters. The second kappa shape index (κ2) is 6.03. The first-order valence-corrected chi connectivity index (χ1v) is 8.62. The number of sulfone groups is 1. The normalized spacial score (nSPS) is 16.2. The van der Waals surface area contributed by atoms with E-state index in [0.717, 1.165) is 36.3 Å². The summed E-state index contributed by atoms with van der Waals surface area (Å²) in [4.78, 5) is 4.38. The molecule has 1 aromatic heterocycles. The second-order valence-corrected chi connectivity index (χ2v) is 7.40. The summed E-state index contributed by atoms with van der Waals surface area (Å²) in [5.74, 6) is 0.122. The molecule has 4 nitrogen and oxygen atoms in total. The van der Waals surface area contributed by atoms with E-state index < -0.39 is 9.84 Å². The van der Waals surface area contributed by atoms with Gasteiger partial charge < -0.3 is 5.32 Å². The van der Waals surface area contributed by atoms with E-state index in [0.29, 0.717) is 11.4 Å². The molecule has 0 amide bonds. The molecule has 0 fully saturated rings. The Labute approximate surface area is 118 Å². The van der Waals surface area contributed by atoms with Crippen LogP contribution in [0.3, 0.4) is 0 Å². The number of aryl methyl sites for hydroxylation is 1. The molecule has 2 heterocycles. The number of aromatic nitrogens is 1. The van der Waals surface area contributed by atoms with Crippen LogP contribution in [0.15, 0.2) is 18.3 Å². The molecular weight excluding hydrogens is 284 g/mol. The summed E-state index contributed by atoms with van der Waals surface area (Å²) in [6.45, 7) is 1.77. The molecule has 0 spiro atoms. The van der Waals surface area contributed by atoms with Gasteiger partial charge in [0.15, 0.2) is 0 Å². The van der Waals surface area contributed by atoms with Gasteiger partial charge in [-0.3, -0.25) is 4.98 Å². The molecule has 0 radical (unpaired) electrons.